The van der Waals surface area contributed by atoms with Crippen molar-refractivity contribution in [3.8, 4) is 11.1 Å². The number of alkyl halides is 3. The van der Waals surface area contributed by atoms with Crippen LogP contribution in [0.1, 0.15) is 16.8 Å². The number of H-pyrrole nitrogens is 1. The lowest BCUT2D eigenvalue weighted by Crippen LogP contribution is -2.12. The first-order chi connectivity index (χ1) is 13.8. The van der Waals surface area contributed by atoms with Crippen LogP contribution in [0.5, 0.6) is 0 Å². The average molecular weight is 402 g/mol. The Hall–Kier alpha value is -3.49. The molecule has 0 aliphatic heterocycles. The standard InChI is InChI=1S/C20H14F4N4O/c1-28-18-16(27-19(28)29)9-13(15(26-18)8-11-4-3-7-25-10-11)12-5-2-6-14(17(12)21)20(22,23)24/h2-7,9-10H,8H2,1H3,(H,27,29). The summed E-state index contributed by atoms with van der Waals surface area (Å²) in [6.07, 6.45) is -1.45. The van der Waals surface area contributed by atoms with E-state index in [4.69, 9.17) is 0 Å². The molecule has 148 valence electrons. The second kappa shape index (κ2) is 6.84. The minimum atomic E-state index is -4.83. The third-order valence-corrected chi connectivity index (χ3v) is 4.63. The average Bonchev–Trinajstić information content (AvgIpc) is 2.95. The van der Waals surface area contributed by atoms with Crippen LogP contribution in [0.3, 0.4) is 0 Å². The number of halogens is 4. The lowest BCUT2D eigenvalue weighted by molar-refractivity contribution is -0.139. The van der Waals surface area contributed by atoms with Gasteiger partial charge in [0.15, 0.2) is 5.65 Å². The summed E-state index contributed by atoms with van der Waals surface area (Å²) in [6, 6.07) is 8.05. The molecule has 1 aromatic carbocycles. The number of rotatable bonds is 3. The molecule has 0 spiro atoms. The molecule has 0 bridgehead atoms. The van der Waals surface area contributed by atoms with E-state index in [1.54, 1.807) is 24.5 Å². The molecule has 0 aliphatic rings. The first kappa shape index (κ1) is 18.9. The van der Waals surface area contributed by atoms with Crippen molar-refractivity contribution in [2.24, 2.45) is 7.05 Å². The Balaban J connectivity index is 1.98. The third-order valence-electron chi connectivity index (χ3n) is 4.63. The summed E-state index contributed by atoms with van der Waals surface area (Å²) in [7, 11) is 1.52. The van der Waals surface area contributed by atoms with Crippen LogP contribution in [-0.2, 0) is 19.6 Å². The number of fused-ring (bicyclic) bond motifs is 1. The Morgan fingerprint density at radius 1 is 1.14 bits per heavy atom. The minimum Gasteiger partial charge on any atom is -0.304 e. The fraction of sp³-hybridized carbons (Fsp3) is 0.150. The van der Waals surface area contributed by atoms with Gasteiger partial charge in [0.2, 0.25) is 0 Å². The van der Waals surface area contributed by atoms with Crippen LogP contribution in [0.25, 0.3) is 22.3 Å². The second-order valence-electron chi connectivity index (χ2n) is 6.55. The van der Waals surface area contributed by atoms with Gasteiger partial charge in [-0.2, -0.15) is 13.2 Å². The zero-order valence-electron chi connectivity index (χ0n) is 15.1. The summed E-state index contributed by atoms with van der Waals surface area (Å²) in [6.45, 7) is 0. The fourth-order valence-electron chi connectivity index (χ4n) is 3.21. The fourth-order valence-corrected chi connectivity index (χ4v) is 3.21. The van der Waals surface area contributed by atoms with Crippen molar-refractivity contribution in [1.29, 1.82) is 0 Å². The second-order valence-corrected chi connectivity index (χ2v) is 6.55. The van der Waals surface area contributed by atoms with E-state index in [-0.39, 0.29) is 17.5 Å². The molecule has 4 rings (SSSR count). The summed E-state index contributed by atoms with van der Waals surface area (Å²) in [5.74, 6) is -1.38. The summed E-state index contributed by atoms with van der Waals surface area (Å²) >= 11 is 0. The quantitative estimate of drug-likeness (QED) is 0.526. The van der Waals surface area contributed by atoms with Gasteiger partial charge in [0.05, 0.1) is 16.8 Å². The molecular weight excluding hydrogens is 388 g/mol. The smallest absolute Gasteiger partial charge is 0.304 e. The van der Waals surface area contributed by atoms with Crippen LogP contribution in [0.2, 0.25) is 0 Å². The molecule has 29 heavy (non-hydrogen) atoms. The van der Waals surface area contributed by atoms with Crippen molar-refractivity contribution in [1.82, 2.24) is 19.5 Å². The number of nitrogens with zero attached hydrogens (tertiary/aromatic N) is 3. The van der Waals surface area contributed by atoms with E-state index in [9.17, 15) is 22.4 Å². The van der Waals surface area contributed by atoms with Crippen LogP contribution >= 0.6 is 0 Å². The zero-order chi connectivity index (χ0) is 20.8. The van der Waals surface area contributed by atoms with Gasteiger partial charge in [-0.1, -0.05) is 18.2 Å². The van der Waals surface area contributed by atoms with E-state index in [0.29, 0.717) is 22.9 Å². The van der Waals surface area contributed by atoms with E-state index in [1.807, 2.05) is 0 Å². The van der Waals surface area contributed by atoms with Gasteiger partial charge in [-0.05, 0) is 23.8 Å². The Morgan fingerprint density at radius 3 is 2.62 bits per heavy atom. The highest BCUT2D eigenvalue weighted by Crippen LogP contribution is 2.37. The maximum Gasteiger partial charge on any atom is 0.419 e. The third kappa shape index (κ3) is 3.39. The van der Waals surface area contributed by atoms with E-state index in [2.05, 4.69) is 15.0 Å². The van der Waals surface area contributed by atoms with Gasteiger partial charge in [-0.15, -0.1) is 0 Å². The Kier molecular flexibility index (Phi) is 4.45. The number of imidazole rings is 1. The van der Waals surface area contributed by atoms with Crippen LogP contribution in [0, 0.1) is 5.82 Å². The maximum absolute atomic E-state index is 14.8. The first-order valence-electron chi connectivity index (χ1n) is 8.59. The molecule has 5 nitrogen and oxygen atoms in total. The lowest BCUT2D eigenvalue weighted by atomic mass is 9.97. The molecule has 0 amide bonds. The number of aromatic nitrogens is 4. The predicted octanol–water partition coefficient (Wildman–Crippen LogP) is 4.07. The molecular formula is C20H14F4N4O. The molecule has 1 N–H and O–H groups in total. The van der Waals surface area contributed by atoms with E-state index in [0.717, 1.165) is 11.6 Å². The largest absolute Gasteiger partial charge is 0.419 e. The molecule has 9 heteroatoms. The van der Waals surface area contributed by atoms with Crippen LogP contribution in [0.15, 0.2) is 53.6 Å². The molecule has 0 unspecified atom stereocenters. The summed E-state index contributed by atoms with van der Waals surface area (Å²) in [5.41, 5.74) is -0.147. The summed E-state index contributed by atoms with van der Waals surface area (Å²) < 4.78 is 55.7. The summed E-state index contributed by atoms with van der Waals surface area (Å²) in [5, 5.41) is 0. The predicted molar refractivity (Wildman–Crippen MR) is 98.8 cm³/mol. The number of aryl methyl sites for hydroxylation is 1. The molecule has 4 aromatic rings. The molecule has 3 heterocycles. The van der Waals surface area contributed by atoms with E-state index < -0.39 is 23.2 Å². The SMILES string of the molecule is Cn1c(=O)[nH]c2cc(-c3cccc(C(F)(F)F)c3F)c(Cc3cccnc3)nc21. The monoisotopic (exact) mass is 402 g/mol. The minimum absolute atomic E-state index is 0.173. The summed E-state index contributed by atoms with van der Waals surface area (Å²) in [4.78, 5) is 23.0. The molecule has 0 fully saturated rings. The highest BCUT2D eigenvalue weighted by molar-refractivity contribution is 5.81. The number of benzene rings is 1. The first-order valence-corrected chi connectivity index (χ1v) is 8.59. The molecule has 0 saturated heterocycles. The van der Waals surface area contributed by atoms with Crippen molar-refractivity contribution >= 4 is 11.2 Å². The highest BCUT2D eigenvalue weighted by atomic mass is 19.4. The van der Waals surface area contributed by atoms with Crippen molar-refractivity contribution in [3.63, 3.8) is 0 Å². The van der Waals surface area contributed by atoms with Gasteiger partial charge in [0, 0.05) is 37.0 Å². The number of nitrogens with one attached hydrogen (secondary N) is 1. The van der Waals surface area contributed by atoms with Crippen molar-refractivity contribution < 1.29 is 17.6 Å². The number of hydrogen-bond donors (Lipinski definition) is 1. The van der Waals surface area contributed by atoms with E-state index in [1.165, 1.54) is 23.7 Å². The Bertz CT molecular complexity index is 1260. The number of aromatic amines is 1. The zero-order valence-corrected chi connectivity index (χ0v) is 15.1. The van der Waals surface area contributed by atoms with Gasteiger partial charge < -0.3 is 4.98 Å². The number of pyridine rings is 2. The topological polar surface area (TPSA) is 63.6 Å². The Labute approximate surface area is 161 Å². The molecule has 0 radical (unpaired) electrons. The van der Waals surface area contributed by atoms with Gasteiger partial charge in [0.25, 0.3) is 0 Å². The highest BCUT2D eigenvalue weighted by Gasteiger charge is 2.35. The molecule has 3 aromatic heterocycles. The Morgan fingerprint density at radius 2 is 1.93 bits per heavy atom. The van der Waals surface area contributed by atoms with Crippen LogP contribution in [-0.4, -0.2) is 19.5 Å². The molecule has 0 saturated carbocycles. The normalized spacial score (nSPS) is 11.9. The van der Waals surface area contributed by atoms with Crippen molar-refractivity contribution in [2.75, 3.05) is 0 Å². The van der Waals surface area contributed by atoms with Gasteiger partial charge in [-0.3, -0.25) is 9.55 Å². The molecule has 0 atom stereocenters. The number of hydrogen-bond acceptors (Lipinski definition) is 3. The van der Waals surface area contributed by atoms with Gasteiger partial charge >= 0.3 is 11.9 Å². The molecule has 0 aliphatic carbocycles. The van der Waals surface area contributed by atoms with Crippen LogP contribution < -0.4 is 5.69 Å². The van der Waals surface area contributed by atoms with Crippen molar-refractivity contribution in [2.45, 2.75) is 12.6 Å². The van der Waals surface area contributed by atoms with E-state index >= 15 is 0 Å². The van der Waals surface area contributed by atoms with Crippen molar-refractivity contribution in [3.05, 3.63) is 81.9 Å². The van der Waals surface area contributed by atoms with Gasteiger partial charge in [-0.25, -0.2) is 14.2 Å². The lowest BCUT2D eigenvalue weighted by Gasteiger charge is -2.14. The maximum atomic E-state index is 14.8. The van der Waals surface area contributed by atoms with Gasteiger partial charge in [0.1, 0.15) is 5.82 Å². The van der Waals surface area contributed by atoms with Crippen LogP contribution in [0.4, 0.5) is 17.6 Å².